The van der Waals surface area contributed by atoms with Crippen LogP contribution in [0.15, 0.2) is 54.6 Å². The molecule has 0 heterocycles. The van der Waals surface area contributed by atoms with E-state index in [0.29, 0.717) is 0 Å². The lowest BCUT2D eigenvalue weighted by Crippen LogP contribution is -2.21. The zero-order valence-electron chi connectivity index (χ0n) is 11.0. The van der Waals surface area contributed by atoms with Crippen molar-refractivity contribution in [1.29, 1.82) is 0 Å². The van der Waals surface area contributed by atoms with Crippen molar-refractivity contribution in [2.45, 2.75) is 6.92 Å². The number of nitrogens with one attached hydrogen (secondary N) is 1. The summed E-state index contributed by atoms with van der Waals surface area (Å²) in [5.41, 5.74) is 13.4. The van der Waals surface area contributed by atoms with Crippen LogP contribution < -0.4 is 16.8 Å². The molecule has 4 nitrogen and oxygen atoms in total. The summed E-state index contributed by atoms with van der Waals surface area (Å²) in [7, 11) is 0. The number of rotatable bonds is 2. The first-order valence-electron chi connectivity index (χ1n) is 5.99. The second kappa shape index (κ2) is 7.89. The van der Waals surface area contributed by atoms with Gasteiger partial charge >= 0.3 is 0 Å². The van der Waals surface area contributed by atoms with Crippen LogP contribution >= 0.6 is 0 Å². The first-order chi connectivity index (χ1) is 9.13. The van der Waals surface area contributed by atoms with Crippen molar-refractivity contribution in [3.63, 3.8) is 0 Å². The predicted octanol–water partition coefficient (Wildman–Crippen LogP) is 2.16. The van der Waals surface area contributed by atoms with Crippen LogP contribution in [-0.4, -0.2) is 12.5 Å². The molecule has 0 aliphatic rings. The molecule has 0 bridgehead atoms. The molecule has 1 amide bonds. The van der Waals surface area contributed by atoms with E-state index >= 15 is 0 Å². The molecule has 0 saturated carbocycles. The van der Waals surface area contributed by atoms with Crippen LogP contribution in [0.4, 0.5) is 11.4 Å². The van der Waals surface area contributed by atoms with E-state index in [9.17, 15) is 4.79 Å². The van der Waals surface area contributed by atoms with Gasteiger partial charge in [-0.1, -0.05) is 36.4 Å². The minimum absolute atomic E-state index is 0.0227. The van der Waals surface area contributed by atoms with Gasteiger partial charge in [-0.15, -0.1) is 0 Å². The summed E-state index contributed by atoms with van der Waals surface area (Å²) in [6.07, 6.45) is 0. The molecule has 0 unspecified atom stereocenters. The van der Waals surface area contributed by atoms with Crippen molar-refractivity contribution in [2.24, 2.45) is 5.73 Å². The van der Waals surface area contributed by atoms with Gasteiger partial charge in [-0.2, -0.15) is 0 Å². The second-order valence-electron chi connectivity index (χ2n) is 3.97. The van der Waals surface area contributed by atoms with Crippen molar-refractivity contribution >= 4 is 17.3 Å². The highest BCUT2D eigenvalue weighted by atomic mass is 16.1. The van der Waals surface area contributed by atoms with E-state index in [4.69, 9.17) is 11.5 Å². The second-order valence-corrected chi connectivity index (χ2v) is 3.97. The van der Waals surface area contributed by atoms with E-state index in [1.807, 2.05) is 61.5 Å². The lowest BCUT2D eigenvalue weighted by molar-refractivity contribution is -0.114. The third kappa shape index (κ3) is 5.70. The Balaban J connectivity index is 0.000000200. The molecule has 0 aliphatic heterocycles. The zero-order chi connectivity index (χ0) is 14.1. The van der Waals surface area contributed by atoms with Crippen LogP contribution in [0.5, 0.6) is 0 Å². The molecule has 5 N–H and O–H groups in total. The van der Waals surface area contributed by atoms with Gasteiger partial charge in [0.05, 0.1) is 6.54 Å². The maximum Gasteiger partial charge on any atom is 0.238 e. The molecule has 4 heteroatoms. The average Bonchev–Trinajstić information content (AvgIpc) is 2.44. The van der Waals surface area contributed by atoms with Gasteiger partial charge in [-0.05, 0) is 30.7 Å². The van der Waals surface area contributed by atoms with Gasteiger partial charge in [0.15, 0.2) is 0 Å². The number of carbonyl (C=O) groups excluding carboxylic acids is 1. The molecule has 0 atom stereocenters. The molecule has 0 radical (unpaired) electrons. The number of amides is 1. The third-order valence-electron chi connectivity index (χ3n) is 2.43. The van der Waals surface area contributed by atoms with Gasteiger partial charge in [0.25, 0.3) is 0 Å². The number of hydrogen-bond acceptors (Lipinski definition) is 3. The summed E-state index contributed by atoms with van der Waals surface area (Å²) < 4.78 is 0. The van der Waals surface area contributed by atoms with E-state index in [2.05, 4.69) is 5.32 Å². The van der Waals surface area contributed by atoms with Crippen molar-refractivity contribution in [3.05, 3.63) is 60.2 Å². The number of anilines is 2. The van der Waals surface area contributed by atoms with Crippen molar-refractivity contribution in [2.75, 3.05) is 17.6 Å². The predicted molar refractivity (Wildman–Crippen MR) is 79.7 cm³/mol. The molecular weight excluding hydrogens is 238 g/mol. The van der Waals surface area contributed by atoms with Crippen LogP contribution in [0.25, 0.3) is 0 Å². The Hall–Kier alpha value is -2.33. The summed E-state index contributed by atoms with van der Waals surface area (Å²) in [6.45, 7) is 2.02. The Morgan fingerprint density at radius 1 is 1.05 bits per heavy atom. The van der Waals surface area contributed by atoms with Crippen LogP contribution in [-0.2, 0) is 4.79 Å². The first kappa shape index (κ1) is 14.7. The lowest BCUT2D eigenvalue weighted by Gasteiger charge is -2.00. The Morgan fingerprint density at radius 3 is 2.11 bits per heavy atom. The maximum atomic E-state index is 10.7. The fourth-order valence-corrected chi connectivity index (χ4v) is 1.32. The number of nitrogens with two attached hydrogens (primary N) is 2. The summed E-state index contributed by atoms with van der Waals surface area (Å²) in [6, 6.07) is 17.0. The van der Waals surface area contributed by atoms with Gasteiger partial charge < -0.3 is 16.8 Å². The number of benzene rings is 2. The minimum Gasteiger partial charge on any atom is -0.399 e. The van der Waals surface area contributed by atoms with Gasteiger partial charge in [-0.3, -0.25) is 4.79 Å². The number of para-hydroxylation sites is 2. The zero-order valence-corrected chi connectivity index (χ0v) is 11.0. The molecule has 0 aliphatic carbocycles. The Morgan fingerprint density at radius 2 is 1.63 bits per heavy atom. The van der Waals surface area contributed by atoms with Gasteiger partial charge in [0.2, 0.25) is 5.91 Å². The van der Waals surface area contributed by atoms with E-state index in [0.717, 1.165) is 16.9 Å². The Kier molecular flexibility index (Phi) is 6.12. The maximum absolute atomic E-state index is 10.7. The van der Waals surface area contributed by atoms with E-state index in [1.165, 1.54) is 0 Å². The van der Waals surface area contributed by atoms with E-state index < -0.39 is 0 Å². The summed E-state index contributed by atoms with van der Waals surface area (Å²) in [4.78, 5) is 10.7. The van der Waals surface area contributed by atoms with Crippen molar-refractivity contribution in [3.8, 4) is 0 Å². The van der Waals surface area contributed by atoms with Crippen LogP contribution in [0.3, 0.4) is 0 Å². The van der Waals surface area contributed by atoms with Gasteiger partial charge in [0.1, 0.15) is 0 Å². The molecule has 2 rings (SSSR count). The largest absolute Gasteiger partial charge is 0.399 e. The quantitative estimate of drug-likeness (QED) is 0.721. The highest BCUT2D eigenvalue weighted by molar-refractivity contribution is 5.91. The van der Waals surface area contributed by atoms with Gasteiger partial charge in [-0.25, -0.2) is 0 Å². The molecular formula is C15H19N3O. The third-order valence-corrected chi connectivity index (χ3v) is 2.43. The standard InChI is InChI=1S/C8H10N2O.C7H9N/c9-6-8(11)10-7-4-2-1-3-5-7;1-6-4-2-3-5-7(6)8/h1-5H,6,9H2,(H,10,11);2-5H,8H2,1H3. The van der Waals surface area contributed by atoms with Crippen LogP contribution in [0.2, 0.25) is 0 Å². The molecule has 2 aromatic rings. The first-order valence-corrected chi connectivity index (χ1v) is 5.99. The molecule has 100 valence electrons. The molecule has 0 saturated heterocycles. The van der Waals surface area contributed by atoms with Crippen molar-refractivity contribution in [1.82, 2.24) is 0 Å². The summed E-state index contributed by atoms with van der Waals surface area (Å²) >= 11 is 0. The van der Waals surface area contributed by atoms with E-state index in [-0.39, 0.29) is 12.5 Å². The van der Waals surface area contributed by atoms with Crippen LogP contribution in [0.1, 0.15) is 5.56 Å². The molecule has 19 heavy (non-hydrogen) atoms. The molecule has 2 aromatic carbocycles. The number of carbonyl (C=O) groups is 1. The minimum atomic E-state index is -0.170. The molecule has 0 aromatic heterocycles. The average molecular weight is 257 g/mol. The Labute approximate surface area is 113 Å². The smallest absolute Gasteiger partial charge is 0.238 e. The van der Waals surface area contributed by atoms with Crippen molar-refractivity contribution < 1.29 is 4.79 Å². The fraction of sp³-hybridized carbons (Fsp3) is 0.133. The number of hydrogen-bond donors (Lipinski definition) is 3. The Bertz CT molecular complexity index is 491. The fourth-order valence-electron chi connectivity index (χ4n) is 1.32. The van der Waals surface area contributed by atoms with Gasteiger partial charge in [0, 0.05) is 11.4 Å². The summed E-state index contributed by atoms with van der Waals surface area (Å²) in [5, 5.41) is 2.63. The molecule has 0 fully saturated rings. The normalized spacial score (nSPS) is 9.16. The summed E-state index contributed by atoms with van der Waals surface area (Å²) in [5.74, 6) is -0.170. The topological polar surface area (TPSA) is 81.1 Å². The van der Waals surface area contributed by atoms with E-state index in [1.54, 1.807) is 0 Å². The number of aryl methyl sites for hydroxylation is 1. The SMILES string of the molecule is Cc1ccccc1N.NCC(=O)Nc1ccccc1. The molecule has 0 spiro atoms. The highest BCUT2D eigenvalue weighted by Gasteiger charge is 1.95. The lowest BCUT2D eigenvalue weighted by atomic mass is 10.2. The number of nitrogen functional groups attached to an aromatic ring is 1. The monoisotopic (exact) mass is 257 g/mol. The highest BCUT2D eigenvalue weighted by Crippen LogP contribution is 2.06. The van der Waals surface area contributed by atoms with Crippen LogP contribution in [0, 0.1) is 6.92 Å².